The van der Waals surface area contributed by atoms with Crippen molar-refractivity contribution in [1.82, 2.24) is 9.97 Å². The number of anilines is 3. The van der Waals surface area contributed by atoms with Crippen molar-refractivity contribution in [2.45, 2.75) is 40.2 Å². The Morgan fingerprint density at radius 3 is 2.35 bits per heavy atom. The van der Waals surface area contributed by atoms with Gasteiger partial charge < -0.3 is 10.6 Å². The molecule has 3 aromatic rings. The van der Waals surface area contributed by atoms with E-state index >= 15 is 0 Å². The molecule has 0 aliphatic carbocycles. The van der Waals surface area contributed by atoms with Gasteiger partial charge >= 0.3 is 0 Å². The number of rotatable bonds is 6. The second kappa shape index (κ2) is 8.00. The number of nitrogens with zero attached hydrogens (tertiary/aromatic N) is 2. The molecule has 1 aromatic heterocycles. The number of benzene rings is 2. The molecule has 0 aliphatic rings. The van der Waals surface area contributed by atoms with Gasteiger partial charge in [0.1, 0.15) is 5.82 Å². The zero-order valence-corrected chi connectivity index (χ0v) is 15.9. The lowest BCUT2D eigenvalue weighted by Gasteiger charge is -2.12. The first-order valence-electron chi connectivity index (χ1n) is 9.02. The third kappa shape index (κ3) is 4.60. The van der Waals surface area contributed by atoms with E-state index in [-0.39, 0.29) is 0 Å². The van der Waals surface area contributed by atoms with Crippen LogP contribution in [0.25, 0.3) is 0 Å². The minimum Gasteiger partial charge on any atom is -0.350 e. The Labute approximate surface area is 155 Å². The van der Waals surface area contributed by atoms with Crippen molar-refractivity contribution in [2.24, 2.45) is 0 Å². The van der Waals surface area contributed by atoms with Crippen molar-refractivity contribution >= 4 is 17.5 Å². The molecular formula is C22H26N4. The van der Waals surface area contributed by atoms with E-state index in [0.29, 0.717) is 18.4 Å². The van der Waals surface area contributed by atoms with Gasteiger partial charge in [0.2, 0.25) is 5.95 Å². The molecule has 0 saturated carbocycles. The van der Waals surface area contributed by atoms with E-state index in [1.54, 1.807) is 0 Å². The van der Waals surface area contributed by atoms with Gasteiger partial charge in [-0.2, -0.15) is 4.98 Å². The van der Waals surface area contributed by atoms with Crippen LogP contribution in [0.4, 0.5) is 17.5 Å². The largest absolute Gasteiger partial charge is 0.350 e. The first-order valence-corrected chi connectivity index (χ1v) is 9.02. The maximum Gasteiger partial charge on any atom is 0.225 e. The SMILES string of the molecule is Cc1cc(Nc2ccc(C(C)C)cc2)nc(NCc2ccccc2C)n1. The Balaban J connectivity index is 1.72. The Kier molecular flexibility index (Phi) is 5.52. The average Bonchev–Trinajstić information content (AvgIpc) is 2.61. The summed E-state index contributed by atoms with van der Waals surface area (Å²) in [5.41, 5.74) is 5.79. The summed E-state index contributed by atoms with van der Waals surface area (Å²) in [5.74, 6) is 1.96. The molecule has 0 unspecified atom stereocenters. The number of nitrogens with one attached hydrogen (secondary N) is 2. The number of hydrogen-bond acceptors (Lipinski definition) is 4. The van der Waals surface area contributed by atoms with Gasteiger partial charge in [0.15, 0.2) is 0 Å². The first kappa shape index (κ1) is 17.9. The van der Waals surface area contributed by atoms with Gasteiger partial charge in [-0.05, 0) is 48.6 Å². The van der Waals surface area contributed by atoms with E-state index in [1.165, 1.54) is 16.7 Å². The van der Waals surface area contributed by atoms with E-state index in [4.69, 9.17) is 0 Å². The molecule has 4 heteroatoms. The van der Waals surface area contributed by atoms with Crippen molar-refractivity contribution in [3.63, 3.8) is 0 Å². The topological polar surface area (TPSA) is 49.8 Å². The lowest BCUT2D eigenvalue weighted by Crippen LogP contribution is -2.07. The fourth-order valence-corrected chi connectivity index (χ4v) is 2.79. The van der Waals surface area contributed by atoms with E-state index in [0.717, 1.165) is 17.2 Å². The van der Waals surface area contributed by atoms with Crippen LogP contribution >= 0.6 is 0 Å². The van der Waals surface area contributed by atoms with Crippen LogP contribution in [0.2, 0.25) is 0 Å². The predicted molar refractivity (Wildman–Crippen MR) is 109 cm³/mol. The third-order valence-electron chi connectivity index (χ3n) is 4.40. The second-order valence-electron chi connectivity index (χ2n) is 6.90. The predicted octanol–water partition coefficient (Wildman–Crippen LogP) is 5.57. The fourth-order valence-electron chi connectivity index (χ4n) is 2.79. The summed E-state index contributed by atoms with van der Waals surface area (Å²) in [5, 5.41) is 6.70. The molecule has 0 radical (unpaired) electrons. The smallest absolute Gasteiger partial charge is 0.225 e. The molecule has 0 spiro atoms. The zero-order chi connectivity index (χ0) is 18.5. The lowest BCUT2D eigenvalue weighted by atomic mass is 10.0. The highest BCUT2D eigenvalue weighted by molar-refractivity contribution is 5.58. The highest BCUT2D eigenvalue weighted by Gasteiger charge is 2.05. The highest BCUT2D eigenvalue weighted by atomic mass is 15.1. The van der Waals surface area contributed by atoms with Gasteiger partial charge in [-0.3, -0.25) is 0 Å². The summed E-state index contributed by atoms with van der Waals surface area (Å²) in [6.07, 6.45) is 0. The Morgan fingerprint density at radius 1 is 0.923 bits per heavy atom. The van der Waals surface area contributed by atoms with E-state index in [2.05, 4.69) is 89.9 Å². The van der Waals surface area contributed by atoms with Crippen molar-refractivity contribution in [3.8, 4) is 0 Å². The third-order valence-corrected chi connectivity index (χ3v) is 4.40. The van der Waals surface area contributed by atoms with Crippen LogP contribution in [0.15, 0.2) is 54.6 Å². The van der Waals surface area contributed by atoms with Gasteiger partial charge in [-0.1, -0.05) is 50.2 Å². The average molecular weight is 346 g/mol. The Hall–Kier alpha value is -2.88. The van der Waals surface area contributed by atoms with Gasteiger partial charge in [0.25, 0.3) is 0 Å². The molecule has 0 bridgehead atoms. The van der Waals surface area contributed by atoms with Crippen LogP contribution in [0.1, 0.15) is 42.1 Å². The summed E-state index contributed by atoms with van der Waals surface area (Å²) in [7, 11) is 0. The monoisotopic (exact) mass is 346 g/mol. The first-order chi connectivity index (χ1) is 12.5. The molecular weight excluding hydrogens is 320 g/mol. The molecule has 1 heterocycles. The lowest BCUT2D eigenvalue weighted by molar-refractivity contribution is 0.867. The molecule has 2 N–H and O–H groups in total. The Bertz CT molecular complexity index is 870. The number of aromatic nitrogens is 2. The summed E-state index contributed by atoms with van der Waals surface area (Å²) in [6, 6.07) is 18.8. The van der Waals surface area contributed by atoms with Crippen molar-refractivity contribution in [2.75, 3.05) is 10.6 Å². The zero-order valence-electron chi connectivity index (χ0n) is 15.9. The minimum atomic E-state index is 0.530. The Morgan fingerprint density at radius 2 is 1.65 bits per heavy atom. The van der Waals surface area contributed by atoms with Crippen LogP contribution in [-0.2, 0) is 6.54 Å². The molecule has 0 saturated heterocycles. The molecule has 0 amide bonds. The number of aryl methyl sites for hydroxylation is 2. The minimum absolute atomic E-state index is 0.530. The van der Waals surface area contributed by atoms with E-state index in [9.17, 15) is 0 Å². The molecule has 26 heavy (non-hydrogen) atoms. The highest BCUT2D eigenvalue weighted by Crippen LogP contribution is 2.21. The van der Waals surface area contributed by atoms with Gasteiger partial charge in [0, 0.05) is 24.0 Å². The van der Waals surface area contributed by atoms with Gasteiger partial charge in [0.05, 0.1) is 0 Å². The van der Waals surface area contributed by atoms with Crippen LogP contribution in [0.3, 0.4) is 0 Å². The molecule has 0 atom stereocenters. The molecule has 134 valence electrons. The maximum absolute atomic E-state index is 4.60. The van der Waals surface area contributed by atoms with Crippen LogP contribution in [-0.4, -0.2) is 9.97 Å². The van der Waals surface area contributed by atoms with Crippen LogP contribution < -0.4 is 10.6 Å². The normalized spacial score (nSPS) is 10.8. The standard InChI is InChI=1S/C22H26N4/c1-15(2)18-9-11-20(12-10-18)25-21-13-17(4)24-22(26-21)23-14-19-8-6-5-7-16(19)3/h5-13,15H,14H2,1-4H3,(H2,23,24,25,26). The fraction of sp³-hybridized carbons (Fsp3) is 0.273. The van der Waals surface area contributed by atoms with Gasteiger partial charge in [-0.15, -0.1) is 0 Å². The summed E-state index contributed by atoms with van der Waals surface area (Å²) in [4.78, 5) is 9.09. The summed E-state index contributed by atoms with van der Waals surface area (Å²) >= 11 is 0. The second-order valence-corrected chi connectivity index (χ2v) is 6.90. The molecule has 0 fully saturated rings. The van der Waals surface area contributed by atoms with Crippen molar-refractivity contribution < 1.29 is 0 Å². The van der Waals surface area contributed by atoms with E-state index in [1.807, 2.05) is 13.0 Å². The number of hydrogen-bond donors (Lipinski definition) is 2. The van der Waals surface area contributed by atoms with Crippen molar-refractivity contribution in [1.29, 1.82) is 0 Å². The summed E-state index contributed by atoms with van der Waals surface area (Å²) in [6.45, 7) is 9.19. The van der Waals surface area contributed by atoms with Crippen LogP contribution in [0.5, 0.6) is 0 Å². The molecule has 0 aliphatic heterocycles. The maximum atomic E-state index is 4.60. The molecule has 3 rings (SSSR count). The van der Waals surface area contributed by atoms with Gasteiger partial charge in [-0.25, -0.2) is 4.98 Å². The quantitative estimate of drug-likeness (QED) is 0.612. The van der Waals surface area contributed by atoms with E-state index < -0.39 is 0 Å². The summed E-state index contributed by atoms with van der Waals surface area (Å²) < 4.78 is 0. The van der Waals surface area contributed by atoms with Crippen LogP contribution in [0, 0.1) is 13.8 Å². The molecule has 2 aromatic carbocycles. The molecule has 4 nitrogen and oxygen atoms in total. The van der Waals surface area contributed by atoms with Crippen molar-refractivity contribution in [3.05, 3.63) is 77.0 Å².